The third kappa shape index (κ3) is 3.89. The number of H-pyrrole nitrogens is 1. The molecule has 2 atom stereocenters. The molecule has 5 heteroatoms. The zero-order valence-corrected chi connectivity index (χ0v) is 19.8. The second-order valence-electron chi connectivity index (χ2n) is 9.54. The van der Waals surface area contributed by atoms with Crippen molar-refractivity contribution in [3.8, 4) is 5.75 Å². The quantitative estimate of drug-likeness (QED) is 0.418. The van der Waals surface area contributed by atoms with Gasteiger partial charge in [0.1, 0.15) is 5.75 Å². The van der Waals surface area contributed by atoms with Crippen molar-refractivity contribution < 1.29 is 4.74 Å². The van der Waals surface area contributed by atoms with Crippen molar-refractivity contribution in [3.63, 3.8) is 0 Å². The molecule has 1 fully saturated rings. The van der Waals surface area contributed by atoms with Crippen LogP contribution in [0.4, 0.5) is 0 Å². The number of nitrogens with one attached hydrogen (secondary N) is 2. The normalized spacial score (nSPS) is 20.9. The van der Waals surface area contributed by atoms with Crippen LogP contribution < -0.4 is 10.1 Å². The Balaban J connectivity index is 1.34. The molecule has 4 heterocycles. The summed E-state index contributed by atoms with van der Waals surface area (Å²) in [6, 6.07) is 20.2. The number of methoxy groups -OCH3 is 1. The molecule has 5 nitrogen and oxygen atoms in total. The zero-order valence-electron chi connectivity index (χ0n) is 19.8. The van der Waals surface area contributed by atoms with Gasteiger partial charge in [-0.05, 0) is 66.8 Å². The number of rotatable bonds is 5. The van der Waals surface area contributed by atoms with E-state index in [9.17, 15) is 0 Å². The number of fused-ring (bicyclic) bond motifs is 3. The number of likely N-dealkylation sites (tertiary alicyclic amines) is 1. The molecule has 0 aliphatic carbocycles. The number of piperidine rings is 1. The highest BCUT2D eigenvalue weighted by Gasteiger charge is 2.28. The topological polar surface area (TPSA) is 53.2 Å². The Morgan fingerprint density at radius 2 is 2.00 bits per heavy atom. The first-order chi connectivity index (χ1) is 16.8. The van der Waals surface area contributed by atoms with E-state index in [4.69, 9.17) is 4.74 Å². The van der Waals surface area contributed by atoms with Crippen molar-refractivity contribution in [3.05, 3.63) is 94.9 Å². The third-order valence-corrected chi connectivity index (χ3v) is 7.55. The lowest BCUT2D eigenvalue weighted by molar-refractivity contribution is 0.139. The number of hydrogen-bond acceptors (Lipinski definition) is 4. The van der Waals surface area contributed by atoms with Gasteiger partial charge in [0.2, 0.25) is 0 Å². The predicted octanol–water partition coefficient (Wildman–Crippen LogP) is 5.53. The standard InChI is InChI=1S/C29H32N4O/c1-34-27-12-11-20(28-29-24(13-15-31-28)23-8-2-3-9-25(23)32-29)17-22(27)19-33-16-5-4-10-26(33)21-7-6-14-30-18-21/h2-3,6-9,11-12,14,17-18,26,28,31-32H,4-5,10,13,15-16,19H2,1H3/t26-,28-/m1/s1. The fraction of sp³-hybridized carbons (Fsp3) is 0.345. The van der Waals surface area contributed by atoms with E-state index < -0.39 is 0 Å². The number of para-hydroxylation sites is 1. The highest BCUT2D eigenvalue weighted by Crippen LogP contribution is 2.37. The highest BCUT2D eigenvalue weighted by molar-refractivity contribution is 5.85. The molecule has 2 aromatic heterocycles. The van der Waals surface area contributed by atoms with Crippen molar-refractivity contribution in [1.82, 2.24) is 20.2 Å². The summed E-state index contributed by atoms with van der Waals surface area (Å²) in [6.45, 7) is 2.96. The monoisotopic (exact) mass is 452 g/mol. The lowest BCUT2D eigenvalue weighted by atomic mass is 9.92. The summed E-state index contributed by atoms with van der Waals surface area (Å²) in [5.74, 6) is 0.965. The molecule has 34 heavy (non-hydrogen) atoms. The van der Waals surface area contributed by atoms with Crippen LogP contribution in [0, 0.1) is 0 Å². The Hall–Kier alpha value is -3.15. The number of nitrogens with zero attached hydrogens (tertiary/aromatic N) is 2. The first-order valence-corrected chi connectivity index (χ1v) is 12.5. The Morgan fingerprint density at radius 3 is 2.88 bits per heavy atom. The number of pyridine rings is 1. The van der Waals surface area contributed by atoms with Crippen molar-refractivity contribution in [2.24, 2.45) is 0 Å². The lowest BCUT2D eigenvalue weighted by Crippen LogP contribution is -2.33. The van der Waals surface area contributed by atoms with Crippen LogP contribution in [0.25, 0.3) is 10.9 Å². The molecule has 2 aliphatic heterocycles. The van der Waals surface area contributed by atoms with Crippen molar-refractivity contribution in [2.45, 2.75) is 44.3 Å². The fourth-order valence-corrected chi connectivity index (χ4v) is 5.92. The van der Waals surface area contributed by atoms with Gasteiger partial charge in [-0.2, -0.15) is 0 Å². The first-order valence-electron chi connectivity index (χ1n) is 12.5. The Kier molecular flexibility index (Phi) is 5.81. The predicted molar refractivity (Wildman–Crippen MR) is 136 cm³/mol. The molecule has 4 aromatic rings. The molecule has 0 saturated carbocycles. The summed E-state index contributed by atoms with van der Waals surface area (Å²) in [6.07, 6.45) is 8.62. The molecular formula is C29H32N4O. The van der Waals surface area contributed by atoms with Crippen LogP contribution in [0.5, 0.6) is 5.75 Å². The summed E-state index contributed by atoms with van der Waals surface area (Å²) in [7, 11) is 1.78. The van der Waals surface area contributed by atoms with E-state index >= 15 is 0 Å². The Labute approximate surface area is 201 Å². The molecule has 2 aromatic carbocycles. The van der Waals surface area contributed by atoms with Gasteiger partial charge in [0, 0.05) is 53.7 Å². The number of aromatic nitrogens is 2. The Morgan fingerprint density at radius 1 is 1.06 bits per heavy atom. The SMILES string of the molecule is COc1ccc([C@H]2NCCc3c2[nH]c2ccccc32)cc1CN1CCCC[C@@H]1c1cccnc1. The summed E-state index contributed by atoms with van der Waals surface area (Å²) in [5, 5.41) is 5.11. The van der Waals surface area contributed by atoms with E-state index in [1.807, 2.05) is 12.4 Å². The second kappa shape index (κ2) is 9.24. The van der Waals surface area contributed by atoms with Gasteiger partial charge in [0.25, 0.3) is 0 Å². The van der Waals surface area contributed by atoms with E-state index in [1.54, 1.807) is 7.11 Å². The molecule has 0 bridgehead atoms. The highest BCUT2D eigenvalue weighted by atomic mass is 16.5. The summed E-state index contributed by atoms with van der Waals surface area (Å²) >= 11 is 0. The molecule has 0 amide bonds. The number of aromatic amines is 1. The second-order valence-corrected chi connectivity index (χ2v) is 9.54. The molecule has 2 N–H and O–H groups in total. The number of hydrogen-bond donors (Lipinski definition) is 2. The largest absolute Gasteiger partial charge is 0.496 e. The average molecular weight is 453 g/mol. The van der Waals surface area contributed by atoms with E-state index in [1.165, 1.54) is 58.1 Å². The van der Waals surface area contributed by atoms with Gasteiger partial charge in [0.05, 0.1) is 13.2 Å². The van der Waals surface area contributed by atoms with Gasteiger partial charge in [-0.15, -0.1) is 0 Å². The van der Waals surface area contributed by atoms with Crippen LogP contribution in [0.2, 0.25) is 0 Å². The van der Waals surface area contributed by atoms with Crippen LogP contribution in [-0.4, -0.2) is 35.1 Å². The maximum atomic E-state index is 5.82. The summed E-state index contributed by atoms with van der Waals surface area (Å²) in [4.78, 5) is 10.7. The van der Waals surface area contributed by atoms with E-state index in [2.05, 4.69) is 74.8 Å². The van der Waals surface area contributed by atoms with Crippen molar-refractivity contribution in [2.75, 3.05) is 20.2 Å². The zero-order chi connectivity index (χ0) is 22.9. The minimum absolute atomic E-state index is 0.163. The van der Waals surface area contributed by atoms with Crippen LogP contribution in [-0.2, 0) is 13.0 Å². The molecule has 1 saturated heterocycles. The van der Waals surface area contributed by atoms with Gasteiger partial charge in [-0.25, -0.2) is 0 Å². The van der Waals surface area contributed by atoms with E-state index in [0.29, 0.717) is 6.04 Å². The molecule has 0 radical (unpaired) electrons. The van der Waals surface area contributed by atoms with Crippen molar-refractivity contribution in [1.29, 1.82) is 0 Å². The summed E-state index contributed by atoms with van der Waals surface area (Å²) in [5.41, 5.74) is 7.83. The fourth-order valence-electron chi connectivity index (χ4n) is 5.92. The summed E-state index contributed by atoms with van der Waals surface area (Å²) < 4.78 is 5.82. The lowest BCUT2D eigenvalue weighted by Gasteiger charge is -2.36. The minimum Gasteiger partial charge on any atom is -0.496 e. The van der Waals surface area contributed by atoms with Gasteiger partial charge >= 0.3 is 0 Å². The van der Waals surface area contributed by atoms with Gasteiger partial charge in [0.15, 0.2) is 0 Å². The number of ether oxygens (including phenoxy) is 1. The van der Waals surface area contributed by atoms with Gasteiger partial charge < -0.3 is 15.0 Å². The maximum Gasteiger partial charge on any atom is 0.123 e. The van der Waals surface area contributed by atoms with E-state index in [-0.39, 0.29) is 6.04 Å². The minimum atomic E-state index is 0.163. The molecule has 0 spiro atoms. The van der Waals surface area contributed by atoms with Crippen LogP contribution >= 0.6 is 0 Å². The molecule has 174 valence electrons. The maximum absolute atomic E-state index is 5.82. The van der Waals surface area contributed by atoms with Crippen LogP contribution in [0.1, 0.15) is 59.3 Å². The van der Waals surface area contributed by atoms with Gasteiger partial charge in [-0.3, -0.25) is 9.88 Å². The number of benzene rings is 2. The third-order valence-electron chi connectivity index (χ3n) is 7.55. The van der Waals surface area contributed by atoms with Crippen LogP contribution in [0.15, 0.2) is 67.0 Å². The molecular weight excluding hydrogens is 420 g/mol. The van der Waals surface area contributed by atoms with Crippen LogP contribution in [0.3, 0.4) is 0 Å². The molecule has 0 unspecified atom stereocenters. The average Bonchev–Trinajstić information content (AvgIpc) is 3.28. The van der Waals surface area contributed by atoms with Gasteiger partial charge in [-0.1, -0.05) is 36.8 Å². The molecule has 6 rings (SSSR count). The molecule has 2 aliphatic rings. The van der Waals surface area contributed by atoms with E-state index in [0.717, 1.165) is 31.8 Å². The first kappa shape index (κ1) is 21.4. The smallest absolute Gasteiger partial charge is 0.123 e. The van der Waals surface area contributed by atoms with Crippen molar-refractivity contribution >= 4 is 10.9 Å². The Bertz CT molecular complexity index is 1280.